The van der Waals surface area contributed by atoms with Gasteiger partial charge in [0.2, 0.25) is 17.6 Å². The summed E-state index contributed by atoms with van der Waals surface area (Å²) in [6.45, 7) is 6.99. The van der Waals surface area contributed by atoms with Crippen LogP contribution in [0.5, 0.6) is 0 Å². The molecule has 10 heteroatoms. The molecular formula is C24H26F3N5O2. The Hall–Kier alpha value is -3.24. The lowest BCUT2D eigenvalue weighted by atomic mass is 10.1. The first-order valence-electron chi connectivity index (χ1n) is 11.0. The molecule has 1 aliphatic rings. The molecule has 0 saturated carbocycles. The fraction of sp³-hybridized carbons (Fsp3) is 0.375. The topological polar surface area (TPSA) is 74.5 Å². The van der Waals surface area contributed by atoms with Crippen molar-refractivity contribution in [3.63, 3.8) is 0 Å². The minimum Gasteiger partial charge on any atom is -0.337 e. The molecule has 34 heavy (non-hydrogen) atoms. The summed E-state index contributed by atoms with van der Waals surface area (Å²) in [4.78, 5) is 20.9. The van der Waals surface area contributed by atoms with Crippen LogP contribution in [0.3, 0.4) is 0 Å². The van der Waals surface area contributed by atoms with E-state index < -0.39 is 11.7 Å². The summed E-state index contributed by atoms with van der Waals surface area (Å²) < 4.78 is 44.3. The molecule has 1 amide bonds. The van der Waals surface area contributed by atoms with Crippen molar-refractivity contribution < 1.29 is 22.5 Å². The van der Waals surface area contributed by atoms with Gasteiger partial charge in [0.1, 0.15) is 0 Å². The van der Waals surface area contributed by atoms with Crippen LogP contribution in [0.25, 0.3) is 11.4 Å². The molecule has 1 atom stereocenters. The van der Waals surface area contributed by atoms with E-state index in [0.717, 1.165) is 23.4 Å². The van der Waals surface area contributed by atoms with E-state index in [9.17, 15) is 18.0 Å². The summed E-state index contributed by atoms with van der Waals surface area (Å²) in [7, 11) is 0. The van der Waals surface area contributed by atoms with Gasteiger partial charge in [0.05, 0.1) is 18.2 Å². The first-order valence-corrected chi connectivity index (χ1v) is 11.0. The average molecular weight is 473 g/mol. The first kappa shape index (κ1) is 23.9. The number of carbonyl (C=O) groups is 1. The van der Waals surface area contributed by atoms with Crippen molar-refractivity contribution in [2.45, 2.75) is 26.1 Å². The third-order valence-electron chi connectivity index (χ3n) is 5.90. The van der Waals surface area contributed by atoms with E-state index in [1.807, 2.05) is 38.1 Å². The zero-order valence-corrected chi connectivity index (χ0v) is 19.0. The largest absolute Gasteiger partial charge is 0.416 e. The highest BCUT2D eigenvalue weighted by Crippen LogP contribution is 2.32. The van der Waals surface area contributed by atoms with Crippen molar-refractivity contribution in [1.29, 1.82) is 0 Å². The van der Waals surface area contributed by atoms with Gasteiger partial charge in [0.25, 0.3) is 0 Å². The Morgan fingerprint density at radius 3 is 2.50 bits per heavy atom. The molecule has 0 bridgehead atoms. The number of aromatic nitrogens is 2. The summed E-state index contributed by atoms with van der Waals surface area (Å²) in [5.41, 5.74) is 1.40. The molecule has 1 saturated heterocycles. The Bertz CT molecular complexity index is 1120. The summed E-state index contributed by atoms with van der Waals surface area (Å²) in [6.07, 6.45) is -4.44. The van der Waals surface area contributed by atoms with Gasteiger partial charge >= 0.3 is 6.18 Å². The number of aryl methyl sites for hydroxylation is 1. The van der Waals surface area contributed by atoms with E-state index in [1.54, 1.807) is 0 Å². The molecule has 1 aliphatic heterocycles. The van der Waals surface area contributed by atoms with Crippen LogP contribution in [0.15, 0.2) is 53.1 Å². The number of anilines is 1. The number of alkyl halides is 3. The molecule has 2 heterocycles. The van der Waals surface area contributed by atoms with Crippen molar-refractivity contribution in [3.8, 4) is 11.4 Å². The number of benzene rings is 2. The van der Waals surface area contributed by atoms with Gasteiger partial charge in [-0.15, -0.1) is 0 Å². The van der Waals surface area contributed by atoms with Crippen molar-refractivity contribution in [3.05, 3.63) is 65.5 Å². The molecule has 1 N–H and O–H groups in total. The van der Waals surface area contributed by atoms with Gasteiger partial charge in [0, 0.05) is 37.4 Å². The summed E-state index contributed by atoms with van der Waals surface area (Å²) in [5.74, 6) is 0.408. The zero-order valence-electron chi connectivity index (χ0n) is 19.0. The molecule has 4 rings (SSSR count). The molecular weight excluding hydrogens is 447 g/mol. The molecule has 1 fully saturated rings. The van der Waals surface area contributed by atoms with E-state index in [4.69, 9.17) is 4.52 Å². The molecule has 0 radical (unpaired) electrons. The van der Waals surface area contributed by atoms with Gasteiger partial charge in [-0.05, 0) is 38.1 Å². The van der Waals surface area contributed by atoms with Crippen LogP contribution in [0.1, 0.15) is 30.0 Å². The van der Waals surface area contributed by atoms with Crippen LogP contribution >= 0.6 is 0 Å². The Morgan fingerprint density at radius 1 is 1.12 bits per heavy atom. The van der Waals surface area contributed by atoms with Crippen molar-refractivity contribution in [1.82, 2.24) is 19.9 Å². The van der Waals surface area contributed by atoms with Gasteiger partial charge in [-0.3, -0.25) is 14.6 Å². The van der Waals surface area contributed by atoms with Gasteiger partial charge in [-0.2, -0.15) is 18.2 Å². The quantitative estimate of drug-likeness (QED) is 0.573. The van der Waals surface area contributed by atoms with E-state index >= 15 is 0 Å². The molecule has 0 aliphatic carbocycles. The fourth-order valence-corrected chi connectivity index (χ4v) is 3.86. The fourth-order valence-electron chi connectivity index (χ4n) is 3.86. The second kappa shape index (κ2) is 9.94. The van der Waals surface area contributed by atoms with Gasteiger partial charge in [-0.25, -0.2) is 0 Å². The van der Waals surface area contributed by atoms with Crippen LogP contribution in [-0.4, -0.2) is 58.6 Å². The lowest BCUT2D eigenvalue weighted by Crippen LogP contribution is -2.49. The Balaban J connectivity index is 1.31. The number of amides is 1. The van der Waals surface area contributed by atoms with Gasteiger partial charge in [0.15, 0.2) is 0 Å². The minimum atomic E-state index is -4.44. The molecule has 0 spiro atoms. The smallest absolute Gasteiger partial charge is 0.337 e. The zero-order chi connectivity index (χ0) is 24.3. The van der Waals surface area contributed by atoms with Gasteiger partial charge in [-0.1, -0.05) is 35.0 Å². The predicted molar refractivity (Wildman–Crippen MR) is 121 cm³/mol. The highest BCUT2D eigenvalue weighted by atomic mass is 19.4. The Labute approximate surface area is 195 Å². The predicted octanol–water partition coefficient (Wildman–Crippen LogP) is 4.38. The minimum absolute atomic E-state index is 0.0621. The second-order valence-corrected chi connectivity index (χ2v) is 8.44. The summed E-state index contributed by atoms with van der Waals surface area (Å²) in [5, 5.41) is 6.79. The molecule has 180 valence electrons. The standard InChI is InChI=1S/C24H26F3N5O2/c1-16-6-8-20(9-7-16)28-21(33)15-31-10-12-32(13-11-31)17(2)23-29-22(30-34-23)18-4-3-5-19(14-18)24(25,26)27/h3-9,14,17H,10-13,15H2,1-2H3,(H,28,33). The maximum atomic E-state index is 13.0. The number of piperazine rings is 1. The normalized spacial score (nSPS) is 16.4. The SMILES string of the molecule is Cc1ccc(NC(=O)CN2CCN(C(C)c3nc(-c4cccc(C(F)(F)F)c4)no3)CC2)cc1. The van der Waals surface area contributed by atoms with E-state index in [0.29, 0.717) is 38.6 Å². The van der Waals surface area contributed by atoms with Crippen LogP contribution in [0.2, 0.25) is 0 Å². The second-order valence-electron chi connectivity index (χ2n) is 8.44. The number of carbonyl (C=O) groups excluding carboxylic acids is 1. The van der Waals surface area contributed by atoms with E-state index in [2.05, 4.69) is 25.3 Å². The lowest BCUT2D eigenvalue weighted by molar-refractivity contribution is -0.137. The highest BCUT2D eigenvalue weighted by Gasteiger charge is 2.31. The Kier molecular flexibility index (Phi) is 6.99. The lowest BCUT2D eigenvalue weighted by Gasteiger charge is -2.36. The molecule has 1 unspecified atom stereocenters. The van der Waals surface area contributed by atoms with Crippen molar-refractivity contribution in [2.75, 3.05) is 38.0 Å². The average Bonchev–Trinajstić information content (AvgIpc) is 3.31. The van der Waals surface area contributed by atoms with Crippen LogP contribution < -0.4 is 5.32 Å². The number of hydrogen-bond donors (Lipinski definition) is 1. The summed E-state index contributed by atoms with van der Waals surface area (Å²) >= 11 is 0. The number of nitrogens with one attached hydrogen (secondary N) is 1. The van der Waals surface area contributed by atoms with E-state index in [1.165, 1.54) is 12.1 Å². The first-order chi connectivity index (χ1) is 16.2. The molecule has 2 aromatic carbocycles. The third kappa shape index (κ3) is 5.81. The van der Waals surface area contributed by atoms with Crippen molar-refractivity contribution >= 4 is 11.6 Å². The maximum absolute atomic E-state index is 13.0. The Morgan fingerprint density at radius 2 is 1.82 bits per heavy atom. The number of nitrogens with zero attached hydrogens (tertiary/aromatic N) is 4. The van der Waals surface area contributed by atoms with E-state index in [-0.39, 0.29) is 23.3 Å². The third-order valence-corrected chi connectivity index (χ3v) is 5.90. The monoisotopic (exact) mass is 473 g/mol. The van der Waals surface area contributed by atoms with Crippen LogP contribution in [0.4, 0.5) is 18.9 Å². The van der Waals surface area contributed by atoms with Crippen LogP contribution in [-0.2, 0) is 11.0 Å². The highest BCUT2D eigenvalue weighted by molar-refractivity contribution is 5.92. The number of hydrogen-bond acceptors (Lipinski definition) is 6. The van der Waals surface area contributed by atoms with Gasteiger partial charge < -0.3 is 9.84 Å². The molecule has 3 aromatic rings. The number of halogens is 3. The molecule has 1 aromatic heterocycles. The van der Waals surface area contributed by atoms with Crippen LogP contribution in [0, 0.1) is 6.92 Å². The number of rotatable bonds is 6. The maximum Gasteiger partial charge on any atom is 0.416 e. The molecule has 7 nitrogen and oxygen atoms in total. The van der Waals surface area contributed by atoms with Crippen molar-refractivity contribution in [2.24, 2.45) is 0 Å². The summed E-state index contributed by atoms with van der Waals surface area (Å²) in [6, 6.07) is 12.3.